The number of allylic oxidation sites excluding steroid dienone is 1. The average molecular weight is 259 g/mol. The van der Waals surface area contributed by atoms with Crippen molar-refractivity contribution >= 4 is 0 Å². The van der Waals surface area contributed by atoms with E-state index in [1.54, 1.807) is 0 Å². The van der Waals surface area contributed by atoms with Gasteiger partial charge in [-0.2, -0.15) is 0 Å². The molecule has 0 fully saturated rings. The molecule has 3 heteroatoms. The maximum atomic E-state index is 5.60. The summed E-state index contributed by atoms with van der Waals surface area (Å²) < 4.78 is 11.1. The van der Waals surface area contributed by atoms with Crippen molar-refractivity contribution in [3.8, 4) is 11.5 Å². The summed E-state index contributed by atoms with van der Waals surface area (Å²) in [6.45, 7) is 2.32. The Morgan fingerprint density at radius 3 is 2.89 bits per heavy atom. The molecule has 1 heterocycles. The van der Waals surface area contributed by atoms with Gasteiger partial charge >= 0.3 is 0 Å². The van der Waals surface area contributed by atoms with E-state index in [9.17, 15) is 0 Å². The van der Waals surface area contributed by atoms with Gasteiger partial charge in [-0.05, 0) is 49.9 Å². The minimum atomic E-state index is 0.561. The van der Waals surface area contributed by atoms with Crippen molar-refractivity contribution in [3.63, 3.8) is 0 Å². The van der Waals surface area contributed by atoms with Crippen molar-refractivity contribution in [2.24, 2.45) is 0 Å². The Labute approximate surface area is 114 Å². The number of fused-ring (bicyclic) bond motifs is 1. The molecule has 1 atom stereocenters. The van der Waals surface area contributed by atoms with E-state index in [1.165, 1.54) is 24.8 Å². The van der Waals surface area contributed by atoms with Crippen LogP contribution in [-0.2, 0) is 6.42 Å². The highest BCUT2D eigenvalue weighted by Gasteiger charge is 2.12. The minimum absolute atomic E-state index is 0.561. The van der Waals surface area contributed by atoms with E-state index in [-0.39, 0.29) is 0 Å². The van der Waals surface area contributed by atoms with Crippen LogP contribution in [0.4, 0.5) is 0 Å². The first kappa shape index (κ1) is 12.5. The second kappa shape index (κ2) is 6.11. The first-order chi connectivity index (χ1) is 9.42. The molecule has 1 aliphatic carbocycles. The van der Waals surface area contributed by atoms with Crippen molar-refractivity contribution in [3.05, 3.63) is 35.9 Å². The van der Waals surface area contributed by atoms with Crippen molar-refractivity contribution in [2.75, 3.05) is 19.8 Å². The largest absolute Gasteiger partial charge is 0.486 e. The predicted molar refractivity (Wildman–Crippen MR) is 75.9 cm³/mol. The molecule has 2 aliphatic rings. The van der Waals surface area contributed by atoms with Crippen LogP contribution in [-0.4, -0.2) is 25.8 Å². The summed E-state index contributed by atoms with van der Waals surface area (Å²) in [7, 11) is 0. The molecule has 19 heavy (non-hydrogen) atoms. The fraction of sp³-hybridized carbons (Fsp3) is 0.500. The Hall–Kier alpha value is -1.48. The van der Waals surface area contributed by atoms with Crippen LogP contribution in [0, 0.1) is 0 Å². The van der Waals surface area contributed by atoms with E-state index in [4.69, 9.17) is 9.47 Å². The summed E-state index contributed by atoms with van der Waals surface area (Å²) in [5, 5.41) is 3.59. The molecular weight excluding hydrogens is 238 g/mol. The third-order valence-corrected chi connectivity index (χ3v) is 3.68. The van der Waals surface area contributed by atoms with Gasteiger partial charge in [-0.3, -0.25) is 0 Å². The van der Waals surface area contributed by atoms with Gasteiger partial charge in [-0.25, -0.2) is 0 Å². The highest BCUT2D eigenvalue weighted by atomic mass is 16.6. The number of nitrogens with one attached hydrogen (secondary N) is 1. The lowest BCUT2D eigenvalue weighted by Crippen LogP contribution is -2.30. The lowest BCUT2D eigenvalue weighted by molar-refractivity contribution is 0.171. The molecule has 1 N–H and O–H groups in total. The van der Waals surface area contributed by atoms with Crippen LogP contribution in [0.15, 0.2) is 30.4 Å². The highest BCUT2D eigenvalue weighted by molar-refractivity contribution is 5.43. The van der Waals surface area contributed by atoms with E-state index in [2.05, 4.69) is 29.6 Å². The third kappa shape index (κ3) is 3.29. The normalized spacial score (nSPS) is 21.4. The van der Waals surface area contributed by atoms with Crippen LogP contribution in [0.25, 0.3) is 0 Å². The second-order valence-corrected chi connectivity index (χ2v) is 5.15. The van der Waals surface area contributed by atoms with Gasteiger partial charge in [0.2, 0.25) is 0 Å². The van der Waals surface area contributed by atoms with Gasteiger partial charge in [0.25, 0.3) is 0 Å². The van der Waals surface area contributed by atoms with E-state index in [0.717, 1.165) is 24.5 Å². The number of hydrogen-bond donors (Lipinski definition) is 1. The molecule has 0 spiro atoms. The summed E-state index contributed by atoms with van der Waals surface area (Å²) in [5.74, 6) is 1.76. The minimum Gasteiger partial charge on any atom is -0.486 e. The maximum absolute atomic E-state index is 5.60. The molecule has 0 amide bonds. The molecule has 3 nitrogen and oxygen atoms in total. The molecule has 1 aromatic carbocycles. The quantitative estimate of drug-likeness (QED) is 0.843. The molecule has 0 aromatic heterocycles. The molecule has 0 saturated heterocycles. The Balaban J connectivity index is 1.52. The van der Waals surface area contributed by atoms with Crippen molar-refractivity contribution in [1.29, 1.82) is 0 Å². The summed E-state index contributed by atoms with van der Waals surface area (Å²) >= 11 is 0. The number of hydrogen-bond acceptors (Lipinski definition) is 3. The van der Waals surface area contributed by atoms with Crippen LogP contribution in [0.1, 0.15) is 24.8 Å². The van der Waals surface area contributed by atoms with E-state index < -0.39 is 0 Å². The van der Waals surface area contributed by atoms with Gasteiger partial charge in [-0.15, -0.1) is 0 Å². The van der Waals surface area contributed by atoms with Crippen molar-refractivity contribution < 1.29 is 9.47 Å². The summed E-state index contributed by atoms with van der Waals surface area (Å²) in [5.41, 5.74) is 1.30. The average Bonchev–Trinajstić information content (AvgIpc) is 2.48. The zero-order valence-electron chi connectivity index (χ0n) is 11.2. The van der Waals surface area contributed by atoms with Gasteiger partial charge in [0.05, 0.1) is 0 Å². The zero-order chi connectivity index (χ0) is 12.9. The number of ether oxygens (including phenoxy) is 2. The topological polar surface area (TPSA) is 30.5 Å². The fourth-order valence-corrected chi connectivity index (χ4v) is 2.63. The summed E-state index contributed by atoms with van der Waals surface area (Å²) in [6, 6.07) is 6.81. The molecule has 102 valence electrons. The van der Waals surface area contributed by atoms with E-state index in [0.29, 0.717) is 19.3 Å². The molecule has 3 rings (SSSR count). The van der Waals surface area contributed by atoms with E-state index >= 15 is 0 Å². The second-order valence-electron chi connectivity index (χ2n) is 5.15. The lowest BCUT2D eigenvalue weighted by Gasteiger charge is -2.20. The molecule has 1 aliphatic heterocycles. The van der Waals surface area contributed by atoms with Gasteiger partial charge in [0.1, 0.15) is 13.2 Å². The molecule has 1 unspecified atom stereocenters. The Kier molecular flexibility index (Phi) is 4.04. The van der Waals surface area contributed by atoms with Gasteiger partial charge in [0.15, 0.2) is 11.5 Å². The van der Waals surface area contributed by atoms with Gasteiger partial charge < -0.3 is 14.8 Å². The lowest BCUT2D eigenvalue weighted by atomic mass is 10.0. The number of rotatable bonds is 4. The van der Waals surface area contributed by atoms with Crippen LogP contribution in [0.3, 0.4) is 0 Å². The first-order valence-corrected chi connectivity index (χ1v) is 7.20. The van der Waals surface area contributed by atoms with Gasteiger partial charge in [0, 0.05) is 6.04 Å². The SMILES string of the molecule is C1=CC(NCCc2ccc3c(c2)OCCO3)CCC1. The van der Waals surface area contributed by atoms with Crippen LogP contribution < -0.4 is 14.8 Å². The Morgan fingerprint density at radius 2 is 2.05 bits per heavy atom. The Morgan fingerprint density at radius 1 is 1.16 bits per heavy atom. The summed E-state index contributed by atoms with van der Waals surface area (Å²) in [6.07, 6.45) is 9.41. The molecule has 0 bridgehead atoms. The van der Waals surface area contributed by atoms with Crippen LogP contribution in [0.5, 0.6) is 11.5 Å². The van der Waals surface area contributed by atoms with Crippen LogP contribution in [0.2, 0.25) is 0 Å². The van der Waals surface area contributed by atoms with Crippen LogP contribution >= 0.6 is 0 Å². The zero-order valence-corrected chi connectivity index (χ0v) is 11.2. The third-order valence-electron chi connectivity index (χ3n) is 3.68. The maximum Gasteiger partial charge on any atom is 0.161 e. The molecule has 0 radical (unpaired) electrons. The van der Waals surface area contributed by atoms with E-state index in [1.807, 2.05) is 6.07 Å². The molecular formula is C16H21NO2. The predicted octanol–water partition coefficient (Wildman–Crippen LogP) is 2.70. The highest BCUT2D eigenvalue weighted by Crippen LogP contribution is 2.30. The number of benzene rings is 1. The van der Waals surface area contributed by atoms with Gasteiger partial charge in [-0.1, -0.05) is 18.2 Å². The molecule has 0 saturated carbocycles. The summed E-state index contributed by atoms with van der Waals surface area (Å²) in [4.78, 5) is 0. The Bertz CT molecular complexity index is 456. The van der Waals surface area contributed by atoms with Crippen molar-refractivity contribution in [1.82, 2.24) is 5.32 Å². The first-order valence-electron chi connectivity index (χ1n) is 7.20. The monoisotopic (exact) mass is 259 g/mol. The standard InChI is InChI=1S/C16H21NO2/c1-2-4-14(5-3-1)17-9-8-13-6-7-15-16(12-13)19-11-10-18-15/h2,4,6-7,12,14,17H,1,3,5,8-11H2. The fourth-order valence-electron chi connectivity index (χ4n) is 2.63. The van der Waals surface area contributed by atoms with Crippen molar-refractivity contribution in [2.45, 2.75) is 31.7 Å². The molecule has 1 aromatic rings. The smallest absolute Gasteiger partial charge is 0.161 e.